The van der Waals surface area contributed by atoms with E-state index in [0.29, 0.717) is 0 Å². The number of rotatable bonds is 4. The second-order valence-corrected chi connectivity index (χ2v) is 6.25. The summed E-state index contributed by atoms with van der Waals surface area (Å²) < 4.78 is 15.8. The molecule has 0 unspecified atom stereocenters. The van der Waals surface area contributed by atoms with Crippen LogP contribution in [0.5, 0.6) is 0 Å². The molecule has 1 amide bonds. The van der Waals surface area contributed by atoms with E-state index in [1.54, 1.807) is 0 Å². The third kappa shape index (κ3) is 4.27. The van der Waals surface area contributed by atoms with Crippen LogP contribution >= 0.6 is 0 Å². The molecular formula is C14H25NO10. The molecule has 146 valence electrons. The van der Waals surface area contributed by atoms with Gasteiger partial charge in [-0.2, -0.15) is 0 Å². The quantitative estimate of drug-likeness (QED) is 0.257. The van der Waals surface area contributed by atoms with Crippen molar-refractivity contribution in [1.29, 1.82) is 0 Å². The lowest BCUT2D eigenvalue weighted by Crippen LogP contribution is -2.67. The smallest absolute Gasteiger partial charge is 0.217 e. The first-order valence-electron chi connectivity index (χ1n) is 7.92. The van der Waals surface area contributed by atoms with Gasteiger partial charge in [-0.15, -0.1) is 0 Å². The zero-order valence-electron chi connectivity index (χ0n) is 13.8. The van der Waals surface area contributed by atoms with Gasteiger partial charge in [0, 0.05) is 6.92 Å². The number of nitrogens with one attached hydrogen (secondary N) is 1. The van der Waals surface area contributed by atoms with Crippen molar-refractivity contribution in [3.8, 4) is 0 Å². The van der Waals surface area contributed by atoms with Crippen molar-refractivity contribution >= 4 is 5.91 Å². The van der Waals surface area contributed by atoms with Crippen LogP contribution in [0.3, 0.4) is 0 Å². The molecular weight excluding hydrogens is 342 g/mol. The zero-order chi connectivity index (χ0) is 18.9. The summed E-state index contributed by atoms with van der Waals surface area (Å²) in [5, 5.41) is 61.5. The molecule has 25 heavy (non-hydrogen) atoms. The predicted octanol–water partition coefficient (Wildman–Crippen LogP) is -4.23. The third-order valence-corrected chi connectivity index (χ3v) is 4.34. The lowest BCUT2D eigenvalue weighted by Gasteiger charge is -2.46. The van der Waals surface area contributed by atoms with Gasteiger partial charge < -0.3 is 50.2 Å². The molecule has 0 spiro atoms. The molecule has 11 nitrogen and oxygen atoms in total. The van der Waals surface area contributed by atoms with Crippen molar-refractivity contribution in [3.63, 3.8) is 0 Å². The van der Waals surface area contributed by atoms with Crippen LogP contribution < -0.4 is 5.32 Å². The molecule has 0 radical (unpaired) electrons. The van der Waals surface area contributed by atoms with Crippen molar-refractivity contribution in [2.75, 3.05) is 6.61 Å². The van der Waals surface area contributed by atoms with Crippen molar-refractivity contribution in [1.82, 2.24) is 5.32 Å². The molecule has 0 aromatic carbocycles. The highest BCUT2D eigenvalue weighted by atomic mass is 16.7. The topological polar surface area (TPSA) is 178 Å². The van der Waals surface area contributed by atoms with E-state index in [2.05, 4.69) is 5.32 Å². The molecule has 2 fully saturated rings. The average Bonchev–Trinajstić information content (AvgIpc) is 2.56. The summed E-state index contributed by atoms with van der Waals surface area (Å²) in [6.45, 7) is 2.01. The maximum Gasteiger partial charge on any atom is 0.217 e. The van der Waals surface area contributed by atoms with Crippen molar-refractivity contribution < 1.29 is 49.6 Å². The zero-order valence-corrected chi connectivity index (χ0v) is 13.8. The number of carbonyl (C=O) groups is 1. The van der Waals surface area contributed by atoms with Crippen molar-refractivity contribution in [3.05, 3.63) is 0 Å². The normalized spacial score (nSPS) is 48.2. The Morgan fingerprint density at radius 1 is 1.04 bits per heavy atom. The van der Waals surface area contributed by atoms with E-state index >= 15 is 0 Å². The maximum atomic E-state index is 11.3. The highest BCUT2D eigenvalue weighted by Crippen LogP contribution is 2.28. The largest absolute Gasteiger partial charge is 0.394 e. The van der Waals surface area contributed by atoms with Gasteiger partial charge in [-0.25, -0.2) is 0 Å². The van der Waals surface area contributed by atoms with E-state index in [1.165, 1.54) is 13.8 Å². The van der Waals surface area contributed by atoms with Crippen molar-refractivity contribution in [2.24, 2.45) is 0 Å². The average molecular weight is 367 g/mol. The molecule has 0 saturated carbocycles. The highest BCUT2D eigenvalue weighted by molar-refractivity contribution is 5.73. The lowest BCUT2D eigenvalue weighted by atomic mass is 9.95. The van der Waals surface area contributed by atoms with Crippen LogP contribution in [0.2, 0.25) is 0 Å². The van der Waals surface area contributed by atoms with E-state index in [-0.39, 0.29) is 0 Å². The molecule has 7 N–H and O–H groups in total. The van der Waals surface area contributed by atoms with Gasteiger partial charge in [-0.05, 0) is 6.92 Å². The fraction of sp³-hybridized carbons (Fsp3) is 0.929. The summed E-state index contributed by atoms with van der Waals surface area (Å²) >= 11 is 0. The van der Waals surface area contributed by atoms with E-state index in [4.69, 9.17) is 14.2 Å². The lowest BCUT2D eigenvalue weighted by molar-refractivity contribution is -0.337. The number of aliphatic hydroxyl groups is 6. The Hall–Kier alpha value is -0.890. The van der Waals surface area contributed by atoms with Crippen LogP contribution in [0.1, 0.15) is 13.8 Å². The molecule has 11 heteroatoms. The molecule has 2 rings (SSSR count). The summed E-state index contributed by atoms with van der Waals surface area (Å²) in [6, 6.07) is -1.22. The predicted molar refractivity (Wildman–Crippen MR) is 78.8 cm³/mol. The summed E-state index contributed by atoms with van der Waals surface area (Å²) in [7, 11) is 0. The van der Waals surface area contributed by atoms with Gasteiger partial charge in [-0.3, -0.25) is 4.79 Å². The maximum absolute atomic E-state index is 11.3. The van der Waals surface area contributed by atoms with E-state index in [0.717, 1.165) is 0 Å². The van der Waals surface area contributed by atoms with E-state index in [1.807, 2.05) is 0 Å². The van der Waals surface area contributed by atoms with Crippen LogP contribution in [-0.4, -0.2) is 105 Å². The summed E-state index contributed by atoms with van der Waals surface area (Å²) in [5.74, 6) is -0.537. The van der Waals surface area contributed by atoms with E-state index in [9.17, 15) is 35.4 Å². The molecule has 2 heterocycles. The number of carbonyl (C=O) groups excluding carboxylic acids is 1. The van der Waals surface area contributed by atoms with Crippen LogP contribution in [-0.2, 0) is 19.0 Å². The number of amides is 1. The molecule has 2 aliphatic heterocycles. The summed E-state index contributed by atoms with van der Waals surface area (Å²) in [5.41, 5.74) is 0. The first-order valence-corrected chi connectivity index (χ1v) is 7.92. The van der Waals surface area contributed by atoms with Gasteiger partial charge >= 0.3 is 0 Å². The standard InChI is InChI=1S/C14H25NO10/c1-4-8(18)10(20)11(21)14(23-4)25-12-7(15-5(2)17)13(22)24-6(3-16)9(12)19/h4,6-14,16,18-22H,3H2,1-2H3,(H,15,17)/t4-,6-,7-,8+,9-,10+,11-,12-,13-,14-/m1/s1. The minimum absolute atomic E-state index is 0.537. The number of hydrogen-bond donors (Lipinski definition) is 7. The van der Waals surface area contributed by atoms with Gasteiger partial charge in [0.2, 0.25) is 5.91 Å². The van der Waals surface area contributed by atoms with Crippen LogP contribution in [0.25, 0.3) is 0 Å². The number of hydrogen-bond acceptors (Lipinski definition) is 10. The fourth-order valence-electron chi connectivity index (χ4n) is 2.92. The van der Waals surface area contributed by atoms with Gasteiger partial charge in [0.25, 0.3) is 0 Å². The van der Waals surface area contributed by atoms with Crippen LogP contribution in [0, 0.1) is 0 Å². The Kier molecular flexibility index (Phi) is 6.70. The Morgan fingerprint density at radius 2 is 1.68 bits per heavy atom. The Labute approximate surface area is 143 Å². The van der Waals surface area contributed by atoms with E-state index < -0.39 is 73.9 Å². The number of ether oxygens (including phenoxy) is 3. The summed E-state index contributed by atoms with van der Waals surface area (Å²) in [6.07, 6.45) is -12.4. The second kappa shape index (κ2) is 8.20. The van der Waals surface area contributed by atoms with Gasteiger partial charge in [0.15, 0.2) is 12.6 Å². The van der Waals surface area contributed by atoms with Crippen LogP contribution in [0.4, 0.5) is 0 Å². The Bertz CT molecular complexity index is 465. The fourth-order valence-corrected chi connectivity index (χ4v) is 2.92. The van der Waals surface area contributed by atoms with Crippen LogP contribution in [0.15, 0.2) is 0 Å². The van der Waals surface area contributed by atoms with Gasteiger partial charge in [-0.1, -0.05) is 0 Å². The molecule has 0 aromatic rings. The minimum atomic E-state index is -1.64. The second-order valence-electron chi connectivity index (χ2n) is 6.25. The minimum Gasteiger partial charge on any atom is -0.394 e. The molecule has 0 aliphatic carbocycles. The SMILES string of the molecule is CC(=O)N[C@@H]1[C@@H](O[C@H]2O[C@H](C)[C@H](O)[C@H](O)[C@H]2O)[C@H](O)[C@@H](CO)O[C@H]1O. The van der Waals surface area contributed by atoms with Gasteiger partial charge in [0.1, 0.15) is 42.7 Å². The molecule has 10 atom stereocenters. The van der Waals surface area contributed by atoms with Gasteiger partial charge in [0.05, 0.1) is 12.7 Å². The Morgan fingerprint density at radius 3 is 2.24 bits per heavy atom. The Balaban J connectivity index is 2.20. The molecule has 2 saturated heterocycles. The monoisotopic (exact) mass is 367 g/mol. The first-order chi connectivity index (χ1) is 11.7. The summed E-state index contributed by atoms with van der Waals surface area (Å²) in [4.78, 5) is 11.3. The highest BCUT2D eigenvalue weighted by Gasteiger charge is 2.50. The third-order valence-electron chi connectivity index (χ3n) is 4.34. The van der Waals surface area contributed by atoms with Crippen molar-refractivity contribution in [2.45, 2.75) is 75.2 Å². The first kappa shape index (κ1) is 20.4. The molecule has 0 aromatic heterocycles. The number of aliphatic hydroxyl groups excluding tert-OH is 6. The molecule has 2 aliphatic rings. The molecule has 0 bridgehead atoms.